The summed E-state index contributed by atoms with van der Waals surface area (Å²) in [5, 5.41) is 4.64. The average Bonchev–Trinajstić information content (AvgIpc) is 2.57. The zero-order valence-electron chi connectivity index (χ0n) is 12.6. The van der Waals surface area contributed by atoms with E-state index < -0.39 is 0 Å². The molecule has 1 heterocycles. The predicted molar refractivity (Wildman–Crippen MR) is 91.2 cm³/mol. The SMILES string of the molecule is CCOc1ccc(/C=N\Nc2nc3ccccc3c(=O)[nH]2)cc1. The molecule has 6 heteroatoms. The summed E-state index contributed by atoms with van der Waals surface area (Å²) >= 11 is 0. The van der Waals surface area contributed by atoms with Crippen LogP contribution in [-0.2, 0) is 0 Å². The molecule has 2 N–H and O–H groups in total. The first kappa shape index (κ1) is 14.8. The fourth-order valence-electron chi connectivity index (χ4n) is 2.12. The topological polar surface area (TPSA) is 79.4 Å². The van der Waals surface area contributed by atoms with Gasteiger partial charge < -0.3 is 4.74 Å². The molecule has 0 fully saturated rings. The van der Waals surface area contributed by atoms with Gasteiger partial charge in [0.1, 0.15) is 5.75 Å². The van der Waals surface area contributed by atoms with Gasteiger partial charge in [-0.2, -0.15) is 5.10 Å². The van der Waals surface area contributed by atoms with Crippen molar-refractivity contribution < 1.29 is 4.74 Å². The highest BCUT2D eigenvalue weighted by atomic mass is 16.5. The predicted octanol–water partition coefficient (Wildman–Crippen LogP) is 2.77. The summed E-state index contributed by atoms with van der Waals surface area (Å²) < 4.78 is 5.38. The molecule has 3 rings (SSSR count). The van der Waals surface area contributed by atoms with E-state index in [1.54, 1.807) is 24.4 Å². The van der Waals surface area contributed by atoms with Gasteiger partial charge in [0.15, 0.2) is 0 Å². The highest BCUT2D eigenvalue weighted by molar-refractivity contribution is 5.81. The molecule has 0 saturated heterocycles. The number of hydrogen-bond acceptors (Lipinski definition) is 5. The van der Waals surface area contributed by atoms with Crippen LogP contribution in [0.1, 0.15) is 12.5 Å². The van der Waals surface area contributed by atoms with E-state index >= 15 is 0 Å². The van der Waals surface area contributed by atoms with Crippen molar-refractivity contribution in [3.63, 3.8) is 0 Å². The van der Waals surface area contributed by atoms with Gasteiger partial charge in [-0.25, -0.2) is 10.4 Å². The maximum Gasteiger partial charge on any atom is 0.260 e. The second-order valence-corrected chi connectivity index (χ2v) is 4.80. The summed E-state index contributed by atoms with van der Waals surface area (Å²) in [7, 11) is 0. The van der Waals surface area contributed by atoms with Crippen molar-refractivity contribution in [2.24, 2.45) is 5.10 Å². The normalized spacial score (nSPS) is 11.0. The number of H-pyrrole nitrogens is 1. The number of rotatable bonds is 5. The Balaban J connectivity index is 1.73. The van der Waals surface area contributed by atoms with Crippen molar-refractivity contribution >= 4 is 23.1 Å². The lowest BCUT2D eigenvalue weighted by Crippen LogP contribution is -2.10. The molecule has 0 spiro atoms. The molecule has 0 aliphatic carbocycles. The molecule has 0 bridgehead atoms. The second-order valence-electron chi connectivity index (χ2n) is 4.80. The lowest BCUT2D eigenvalue weighted by atomic mass is 10.2. The monoisotopic (exact) mass is 308 g/mol. The van der Waals surface area contributed by atoms with Gasteiger partial charge in [-0.05, 0) is 48.9 Å². The number of para-hydroxylation sites is 1. The van der Waals surface area contributed by atoms with Crippen molar-refractivity contribution in [3.05, 3.63) is 64.4 Å². The molecule has 116 valence electrons. The van der Waals surface area contributed by atoms with Crippen LogP contribution in [0.15, 0.2) is 58.4 Å². The fourth-order valence-corrected chi connectivity index (χ4v) is 2.12. The quantitative estimate of drug-likeness (QED) is 0.561. The summed E-state index contributed by atoms with van der Waals surface area (Å²) in [5.74, 6) is 1.12. The van der Waals surface area contributed by atoms with Crippen molar-refractivity contribution in [1.29, 1.82) is 0 Å². The molecule has 0 saturated carbocycles. The Hall–Kier alpha value is -3.15. The first-order valence-corrected chi connectivity index (χ1v) is 7.27. The maximum absolute atomic E-state index is 11.9. The standard InChI is InChI=1S/C17H16N4O2/c1-2-23-13-9-7-12(8-10-13)11-18-21-17-19-15-6-4-3-5-14(15)16(22)20-17/h3-11H,2H2,1H3,(H2,19,20,21,22)/b18-11-. The van der Waals surface area contributed by atoms with E-state index in [1.165, 1.54) is 0 Å². The molecule has 1 aromatic heterocycles. The Morgan fingerprint density at radius 2 is 2.00 bits per heavy atom. The Morgan fingerprint density at radius 3 is 2.78 bits per heavy atom. The minimum Gasteiger partial charge on any atom is -0.494 e. The van der Waals surface area contributed by atoms with Crippen LogP contribution in [0.5, 0.6) is 5.75 Å². The molecule has 0 aliphatic heterocycles. The van der Waals surface area contributed by atoms with Gasteiger partial charge in [0.25, 0.3) is 5.56 Å². The highest BCUT2D eigenvalue weighted by Crippen LogP contribution is 2.11. The van der Waals surface area contributed by atoms with E-state index in [4.69, 9.17) is 4.74 Å². The number of ether oxygens (including phenoxy) is 1. The highest BCUT2D eigenvalue weighted by Gasteiger charge is 2.01. The van der Waals surface area contributed by atoms with Crippen LogP contribution in [0.25, 0.3) is 10.9 Å². The van der Waals surface area contributed by atoms with E-state index in [0.717, 1.165) is 11.3 Å². The lowest BCUT2D eigenvalue weighted by Gasteiger charge is -2.03. The lowest BCUT2D eigenvalue weighted by molar-refractivity contribution is 0.340. The van der Waals surface area contributed by atoms with Crippen LogP contribution in [0.2, 0.25) is 0 Å². The molecule has 23 heavy (non-hydrogen) atoms. The number of fused-ring (bicyclic) bond motifs is 1. The van der Waals surface area contributed by atoms with Gasteiger partial charge >= 0.3 is 0 Å². The molecule has 2 aromatic carbocycles. The second kappa shape index (κ2) is 6.74. The van der Waals surface area contributed by atoms with E-state index in [0.29, 0.717) is 23.5 Å². The van der Waals surface area contributed by atoms with E-state index in [1.807, 2.05) is 37.3 Å². The third-order valence-corrected chi connectivity index (χ3v) is 3.19. The minimum absolute atomic E-state index is 0.200. The molecule has 0 aliphatic rings. The zero-order valence-corrected chi connectivity index (χ0v) is 12.6. The number of hydrazone groups is 1. The number of benzene rings is 2. The summed E-state index contributed by atoms with van der Waals surface area (Å²) in [4.78, 5) is 18.9. The van der Waals surface area contributed by atoms with Crippen LogP contribution < -0.4 is 15.7 Å². The molecule has 0 amide bonds. The van der Waals surface area contributed by atoms with E-state index in [-0.39, 0.29) is 5.56 Å². The van der Waals surface area contributed by atoms with Gasteiger partial charge in [-0.15, -0.1) is 0 Å². The molecule has 0 atom stereocenters. The number of hydrogen-bond donors (Lipinski definition) is 2. The van der Waals surface area contributed by atoms with E-state index in [9.17, 15) is 4.79 Å². The Bertz CT molecular complexity index is 885. The molecule has 0 unspecified atom stereocenters. The first-order valence-electron chi connectivity index (χ1n) is 7.27. The van der Waals surface area contributed by atoms with Crippen LogP contribution in [0.4, 0.5) is 5.95 Å². The molecule has 3 aromatic rings. The van der Waals surface area contributed by atoms with Crippen molar-refractivity contribution in [2.45, 2.75) is 6.92 Å². The largest absolute Gasteiger partial charge is 0.494 e. The first-order chi connectivity index (χ1) is 11.3. The van der Waals surface area contributed by atoms with E-state index in [2.05, 4.69) is 20.5 Å². The van der Waals surface area contributed by atoms with Crippen LogP contribution in [-0.4, -0.2) is 22.8 Å². The van der Waals surface area contributed by atoms with Gasteiger partial charge in [0.2, 0.25) is 5.95 Å². The van der Waals surface area contributed by atoms with Crippen molar-refractivity contribution in [1.82, 2.24) is 9.97 Å². The number of aromatic nitrogens is 2. The van der Waals surface area contributed by atoms with Gasteiger partial charge in [-0.3, -0.25) is 9.78 Å². The smallest absolute Gasteiger partial charge is 0.260 e. The number of aromatic amines is 1. The average molecular weight is 308 g/mol. The fraction of sp³-hybridized carbons (Fsp3) is 0.118. The Labute approximate surface area is 132 Å². The Morgan fingerprint density at radius 1 is 1.22 bits per heavy atom. The van der Waals surface area contributed by atoms with Crippen molar-refractivity contribution in [2.75, 3.05) is 12.0 Å². The maximum atomic E-state index is 11.9. The third kappa shape index (κ3) is 3.55. The number of nitrogens with one attached hydrogen (secondary N) is 2. The zero-order chi connectivity index (χ0) is 16.1. The van der Waals surface area contributed by atoms with Gasteiger partial charge in [0, 0.05) is 0 Å². The van der Waals surface area contributed by atoms with Crippen LogP contribution in [0.3, 0.4) is 0 Å². The molecular weight excluding hydrogens is 292 g/mol. The number of anilines is 1. The van der Waals surface area contributed by atoms with Gasteiger partial charge in [0.05, 0.1) is 23.7 Å². The molecular formula is C17H16N4O2. The summed E-state index contributed by atoms with van der Waals surface area (Å²) in [6.07, 6.45) is 1.64. The number of nitrogens with zero attached hydrogens (tertiary/aromatic N) is 2. The van der Waals surface area contributed by atoms with Crippen LogP contribution >= 0.6 is 0 Å². The molecule has 0 radical (unpaired) electrons. The Kier molecular flexibility index (Phi) is 4.33. The summed E-state index contributed by atoms with van der Waals surface area (Å²) in [6.45, 7) is 2.58. The van der Waals surface area contributed by atoms with Crippen LogP contribution in [0, 0.1) is 0 Å². The summed E-state index contributed by atoms with van der Waals surface area (Å²) in [5.41, 5.74) is 4.06. The van der Waals surface area contributed by atoms with Gasteiger partial charge in [-0.1, -0.05) is 12.1 Å². The summed E-state index contributed by atoms with van der Waals surface area (Å²) in [6, 6.07) is 14.7. The minimum atomic E-state index is -0.200. The third-order valence-electron chi connectivity index (χ3n) is 3.19. The molecule has 6 nitrogen and oxygen atoms in total. The van der Waals surface area contributed by atoms with Crippen molar-refractivity contribution in [3.8, 4) is 5.75 Å².